The van der Waals surface area contributed by atoms with E-state index in [0.29, 0.717) is 5.56 Å². The van der Waals surface area contributed by atoms with Crippen LogP contribution in [-0.2, 0) is 21.2 Å². The zero-order valence-corrected chi connectivity index (χ0v) is 17.0. The fourth-order valence-electron chi connectivity index (χ4n) is 2.42. The van der Waals surface area contributed by atoms with E-state index in [1.165, 1.54) is 6.07 Å². The molecule has 0 unspecified atom stereocenters. The minimum Gasteiger partial charge on any atom is -0.273 e. The van der Waals surface area contributed by atoms with Crippen molar-refractivity contribution < 1.29 is 18.0 Å². The predicted octanol–water partition coefficient (Wildman–Crippen LogP) is 2.00. The van der Waals surface area contributed by atoms with Crippen LogP contribution in [0.3, 0.4) is 0 Å². The van der Waals surface area contributed by atoms with Gasteiger partial charge in [0.25, 0.3) is 5.91 Å². The summed E-state index contributed by atoms with van der Waals surface area (Å²) in [7, 11) is -3.69. The van der Waals surface area contributed by atoms with E-state index in [0.717, 1.165) is 23.1 Å². The lowest BCUT2D eigenvalue weighted by Gasteiger charge is -2.10. The van der Waals surface area contributed by atoms with Gasteiger partial charge in [0.15, 0.2) is 0 Å². The number of amides is 2. The minimum atomic E-state index is -3.69. The maximum Gasteiger partial charge on any atom is 0.269 e. The molecule has 3 N–H and O–H groups in total. The largest absolute Gasteiger partial charge is 0.273 e. The second-order valence-corrected chi connectivity index (χ2v) is 8.21. The first kappa shape index (κ1) is 21.6. The first-order valence-electron chi connectivity index (χ1n) is 8.98. The van der Waals surface area contributed by atoms with E-state index in [-0.39, 0.29) is 17.9 Å². The maximum atomic E-state index is 12.3. The van der Waals surface area contributed by atoms with Crippen LogP contribution >= 0.6 is 0 Å². The smallest absolute Gasteiger partial charge is 0.269 e. The first-order chi connectivity index (χ1) is 13.2. The first-order valence-corrected chi connectivity index (χ1v) is 10.5. The lowest BCUT2D eigenvalue weighted by atomic mass is 10.1. The number of benzene rings is 2. The number of rotatable bonds is 7. The molecule has 0 saturated heterocycles. The molecule has 150 valence electrons. The van der Waals surface area contributed by atoms with Crippen molar-refractivity contribution in [3.8, 4) is 0 Å². The molecular weight excluding hydrogens is 378 g/mol. The standard InChI is InChI=1S/C20H25N3O4S/c1-4-16-6-8-17(9-7-16)20(25)23-22-19(24)11-12-21-28(26,27)18-10-5-14(2)15(3)13-18/h5-10,13,21H,4,11-12H2,1-3H3,(H,22,24)(H,23,25). The van der Waals surface area contributed by atoms with Crippen molar-refractivity contribution in [3.63, 3.8) is 0 Å². The van der Waals surface area contributed by atoms with E-state index < -0.39 is 21.8 Å². The Morgan fingerprint density at radius 1 is 0.929 bits per heavy atom. The third-order valence-electron chi connectivity index (χ3n) is 4.37. The Bertz CT molecular complexity index is 954. The van der Waals surface area contributed by atoms with Gasteiger partial charge in [0.05, 0.1) is 4.90 Å². The minimum absolute atomic E-state index is 0.0812. The Hall–Kier alpha value is -2.71. The highest BCUT2D eigenvalue weighted by Gasteiger charge is 2.15. The summed E-state index contributed by atoms with van der Waals surface area (Å²) in [6.45, 7) is 5.67. The number of hydrogen-bond donors (Lipinski definition) is 3. The number of hydrogen-bond acceptors (Lipinski definition) is 4. The lowest BCUT2D eigenvalue weighted by molar-refractivity contribution is -0.121. The normalized spacial score (nSPS) is 11.1. The molecule has 0 aliphatic rings. The molecule has 0 saturated carbocycles. The highest BCUT2D eigenvalue weighted by Crippen LogP contribution is 2.14. The second-order valence-electron chi connectivity index (χ2n) is 6.45. The molecule has 0 aliphatic carbocycles. The Balaban J connectivity index is 1.80. The van der Waals surface area contributed by atoms with Crippen LogP contribution in [0.1, 0.15) is 40.4 Å². The number of carbonyl (C=O) groups is 2. The van der Waals surface area contributed by atoms with E-state index in [1.54, 1.807) is 24.3 Å². The third kappa shape index (κ3) is 5.90. The molecule has 0 aromatic heterocycles. The van der Waals surface area contributed by atoms with Gasteiger partial charge in [-0.25, -0.2) is 13.1 Å². The zero-order valence-electron chi connectivity index (χ0n) is 16.2. The molecule has 0 heterocycles. The molecule has 0 fully saturated rings. The van der Waals surface area contributed by atoms with Crippen LogP contribution in [0.5, 0.6) is 0 Å². The summed E-state index contributed by atoms with van der Waals surface area (Å²) in [4.78, 5) is 24.0. The van der Waals surface area contributed by atoms with E-state index >= 15 is 0 Å². The summed E-state index contributed by atoms with van der Waals surface area (Å²) in [6.07, 6.45) is 0.760. The summed E-state index contributed by atoms with van der Waals surface area (Å²) in [5, 5.41) is 0. The fraction of sp³-hybridized carbons (Fsp3) is 0.300. The van der Waals surface area contributed by atoms with Crippen molar-refractivity contribution >= 4 is 21.8 Å². The van der Waals surface area contributed by atoms with Gasteiger partial charge >= 0.3 is 0 Å². The van der Waals surface area contributed by atoms with Gasteiger partial charge in [0.1, 0.15) is 0 Å². The molecule has 0 aliphatic heterocycles. The van der Waals surface area contributed by atoms with Crippen molar-refractivity contribution in [1.29, 1.82) is 0 Å². The van der Waals surface area contributed by atoms with Gasteiger partial charge < -0.3 is 0 Å². The van der Waals surface area contributed by atoms with E-state index in [9.17, 15) is 18.0 Å². The monoisotopic (exact) mass is 403 g/mol. The SMILES string of the molecule is CCc1ccc(C(=O)NNC(=O)CCNS(=O)(=O)c2ccc(C)c(C)c2)cc1. The summed E-state index contributed by atoms with van der Waals surface area (Å²) >= 11 is 0. The van der Waals surface area contributed by atoms with Gasteiger partial charge in [-0.1, -0.05) is 25.1 Å². The predicted molar refractivity (Wildman–Crippen MR) is 107 cm³/mol. The molecule has 28 heavy (non-hydrogen) atoms. The van der Waals surface area contributed by atoms with Crippen LogP contribution < -0.4 is 15.6 Å². The van der Waals surface area contributed by atoms with Gasteiger partial charge in [-0.3, -0.25) is 20.4 Å². The molecule has 2 aromatic rings. The van der Waals surface area contributed by atoms with Crippen molar-refractivity contribution in [3.05, 3.63) is 64.7 Å². The van der Waals surface area contributed by atoms with Gasteiger partial charge in [-0.15, -0.1) is 0 Å². The number of nitrogens with one attached hydrogen (secondary N) is 3. The van der Waals surface area contributed by atoms with Crippen molar-refractivity contribution in [2.24, 2.45) is 0 Å². The van der Waals surface area contributed by atoms with Gasteiger partial charge in [0.2, 0.25) is 15.9 Å². The van der Waals surface area contributed by atoms with Crippen LogP contribution in [0.25, 0.3) is 0 Å². The number of sulfonamides is 1. The molecule has 2 rings (SSSR count). The van der Waals surface area contributed by atoms with Gasteiger partial charge in [-0.2, -0.15) is 0 Å². The lowest BCUT2D eigenvalue weighted by Crippen LogP contribution is -2.42. The highest BCUT2D eigenvalue weighted by molar-refractivity contribution is 7.89. The highest BCUT2D eigenvalue weighted by atomic mass is 32.2. The molecule has 0 spiro atoms. The quantitative estimate of drug-likeness (QED) is 0.615. The molecule has 2 amide bonds. The van der Waals surface area contributed by atoms with Gasteiger partial charge in [-0.05, 0) is 61.2 Å². The summed E-state index contributed by atoms with van der Waals surface area (Å²) < 4.78 is 26.9. The topological polar surface area (TPSA) is 104 Å². The maximum absolute atomic E-state index is 12.3. The fourth-order valence-corrected chi connectivity index (χ4v) is 3.53. The second kappa shape index (κ2) is 9.48. The molecule has 8 heteroatoms. The third-order valence-corrected chi connectivity index (χ3v) is 5.83. The van der Waals surface area contributed by atoms with E-state index in [4.69, 9.17) is 0 Å². The van der Waals surface area contributed by atoms with E-state index in [2.05, 4.69) is 15.6 Å². The molecule has 2 aromatic carbocycles. The zero-order chi connectivity index (χ0) is 20.7. The Morgan fingerprint density at radius 2 is 1.61 bits per heavy atom. The van der Waals surface area contributed by atoms with E-state index in [1.807, 2.05) is 32.9 Å². The average Bonchev–Trinajstić information content (AvgIpc) is 2.68. The van der Waals surface area contributed by atoms with Crippen LogP contribution in [-0.4, -0.2) is 26.8 Å². The Labute approximate surface area is 165 Å². The Kier molecular flexibility index (Phi) is 7.31. The number of carbonyl (C=O) groups excluding carboxylic acids is 2. The summed E-state index contributed by atoms with van der Waals surface area (Å²) in [6, 6.07) is 11.9. The molecule has 7 nitrogen and oxygen atoms in total. The molecule has 0 radical (unpaired) electrons. The van der Waals surface area contributed by atoms with Crippen LogP contribution in [0.4, 0.5) is 0 Å². The van der Waals surface area contributed by atoms with Crippen molar-refractivity contribution in [2.45, 2.75) is 38.5 Å². The summed E-state index contributed by atoms with van der Waals surface area (Å²) in [5.41, 5.74) is 7.99. The molecule has 0 atom stereocenters. The van der Waals surface area contributed by atoms with Crippen LogP contribution in [0.2, 0.25) is 0 Å². The number of hydrazine groups is 1. The molecule has 0 bridgehead atoms. The Morgan fingerprint density at radius 3 is 2.21 bits per heavy atom. The number of aryl methyl sites for hydroxylation is 3. The average molecular weight is 404 g/mol. The van der Waals surface area contributed by atoms with Crippen LogP contribution in [0.15, 0.2) is 47.4 Å². The summed E-state index contributed by atoms with van der Waals surface area (Å²) in [5.74, 6) is -0.937. The van der Waals surface area contributed by atoms with Gasteiger partial charge in [0, 0.05) is 18.5 Å². The van der Waals surface area contributed by atoms with Crippen molar-refractivity contribution in [2.75, 3.05) is 6.54 Å². The van der Waals surface area contributed by atoms with Crippen LogP contribution in [0, 0.1) is 13.8 Å². The van der Waals surface area contributed by atoms with Crippen molar-refractivity contribution in [1.82, 2.24) is 15.6 Å². The molecular formula is C20H25N3O4S.